The summed E-state index contributed by atoms with van der Waals surface area (Å²) in [5, 5.41) is 7.74. The SMILES string of the molecule is C=CC(C)NC(C)c1cn(C)nc1C. The van der Waals surface area contributed by atoms with Crippen molar-refractivity contribution in [2.75, 3.05) is 0 Å². The Hall–Kier alpha value is -1.09. The molecule has 0 saturated carbocycles. The molecule has 0 aromatic carbocycles. The van der Waals surface area contributed by atoms with E-state index in [1.165, 1.54) is 5.56 Å². The fraction of sp³-hybridized carbons (Fsp3) is 0.545. The fourth-order valence-corrected chi connectivity index (χ4v) is 1.60. The highest BCUT2D eigenvalue weighted by molar-refractivity contribution is 5.19. The van der Waals surface area contributed by atoms with Crippen molar-refractivity contribution in [3.63, 3.8) is 0 Å². The Morgan fingerprint density at radius 3 is 2.64 bits per heavy atom. The lowest BCUT2D eigenvalue weighted by Crippen LogP contribution is -2.27. The lowest BCUT2D eigenvalue weighted by Gasteiger charge is -2.16. The van der Waals surface area contributed by atoms with E-state index in [-0.39, 0.29) is 0 Å². The molecule has 78 valence electrons. The number of rotatable bonds is 4. The second-order valence-electron chi connectivity index (χ2n) is 3.76. The molecule has 0 fully saturated rings. The predicted molar refractivity (Wildman–Crippen MR) is 59.2 cm³/mol. The first-order valence-corrected chi connectivity index (χ1v) is 4.93. The van der Waals surface area contributed by atoms with Gasteiger partial charge in [-0.05, 0) is 20.8 Å². The fourth-order valence-electron chi connectivity index (χ4n) is 1.60. The molecular formula is C11H19N3. The van der Waals surface area contributed by atoms with Gasteiger partial charge in [0.15, 0.2) is 0 Å². The zero-order chi connectivity index (χ0) is 10.7. The van der Waals surface area contributed by atoms with Gasteiger partial charge >= 0.3 is 0 Å². The summed E-state index contributed by atoms with van der Waals surface area (Å²) >= 11 is 0. The van der Waals surface area contributed by atoms with Crippen LogP contribution in [-0.2, 0) is 7.05 Å². The van der Waals surface area contributed by atoms with Crippen LogP contribution < -0.4 is 5.32 Å². The van der Waals surface area contributed by atoms with Crippen LogP contribution in [0.15, 0.2) is 18.9 Å². The van der Waals surface area contributed by atoms with E-state index in [9.17, 15) is 0 Å². The highest BCUT2D eigenvalue weighted by atomic mass is 15.3. The zero-order valence-corrected chi connectivity index (χ0v) is 9.41. The van der Waals surface area contributed by atoms with Gasteiger partial charge in [0.2, 0.25) is 0 Å². The van der Waals surface area contributed by atoms with Gasteiger partial charge < -0.3 is 5.32 Å². The third-order valence-electron chi connectivity index (χ3n) is 2.38. The van der Waals surface area contributed by atoms with E-state index >= 15 is 0 Å². The Kier molecular flexibility index (Phi) is 3.47. The van der Waals surface area contributed by atoms with Crippen molar-refractivity contribution in [3.05, 3.63) is 30.1 Å². The molecule has 0 aliphatic carbocycles. The predicted octanol–water partition coefficient (Wildman–Crippen LogP) is 1.95. The maximum Gasteiger partial charge on any atom is 0.0641 e. The molecule has 3 nitrogen and oxygen atoms in total. The van der Waals surface area contributed by atoms with Gasteiger partial charge in [-0.2, -0.15) is 5.10 Å². The Morgan fingerprint density at radius 2 is 2.21 bits per heavy atom. The third-order valence-corrected chi connectivity index (χ3v) is 2.38. The minimum atomic E-state index is 0.316. The van der Waals surface area contributed by atoms with Crippen LogP contribution >= 0.6 is 0 Å². The van der Waals surface area contributed by atoms with Crippen molar-refractivity contribution in [1.82, 2.24) is 15.1 Å². The summed E-state index contributed by atoms with van der Waals surface area (Å²) in [5.74, 6) is 0. The van der Waals surface area contributed by atoms with Crippen LogP contribution in [0.5, 0.6) is 0 Å². The summed E-state index contributed by atoms with van der Waals surface area (Å²) in [7, 11) is 1.94. The molecule has 0 amide bonds. The van der Waals surface area contributed by atoms with Gasteiger partial charge in [0.05, 0.1) is 5.69 Å². The molecule has 3 heteroatoms. The van der Waals surface area contributed by atoms with E-state index in [0.29, 0.717) is 12.1 Å². The van der Waals surface area contributed by atoms with E-state index in [1.54, 1.807) is 0 Å². The lowest BCUT2D eigenvalue weighted by atomic mass is 10.1. The minimum Gasteiger partial charge on any atom is -0.304 e. The number of aromatic nitrogens is 2. The molecule has 1 N–H and O–H groups in total. The Balaban J connectivity index is 2.73. The van der Waals surface area contributed by atoms with Gasteiger partial charge in [0.1, 0.15) is 0 Å². The van der Waals surface area contributed by atoms with Gasteiger partial charge in [0, 0.05) is 30.9 Å². The maximum atomic E-state index is 4.32. The molecule has 14 heavy (non-hydrogen) atoms. The van der Waals surface area contributed by atoms with Crippen molar-refractivity contribution < 1.29 is 0 Å². The topological polar surface area (TPSA) is 29.9 Å². The van der Waals surface area contributed by atoms with Crippen LogP contribution in [0, 0.1) is 6.92 Å². The third kappa shape index (κ3) is 2.45. The highest BCUT2D eigenvalue weighted by Gasteiger charge is 2.12. The summed E-state index contributed by atoms with van der Waals surface area (Å²) in [4.78, 5) is 0. The molecule has 1 aromatic heterocycles. The Morgan fingerprint density at radius 1 is 1.57 bits per heavy atom. The van der Waals surface area contributed by atoms with Crippen LogP contribution in [0.25, 0.3) is 0 Å². The van der Waals surface area contributed by atoms with E-state index in [2.05, 4.69) is 37.0 Å². The summed E-state index contributed by atoms with van der Waals surface area (Å²) in [6, 6.07) is 0.640. The molecule has 1 aromatic rings. The molecule has 0 aliphatic rings. The van der Waals surface area contributed by atoms with Crippen molar-refractivity contribution in [2.45, 2.75) is 32.9 Å². The molecule has 0 bridgehead atoms. The van der Waals surface area contributed by atoms with Crippen LogP contribution in [0.4, 0.5) is 0 Å². The van der Waals surface area contributed by atoms with E-state index in [1.807, 2.05) is 24.7 Å². The molecule has 0 saturated heterocycles. The molecule has 2 unspecified atom stereocenters. The molecule has 1 rings (SSSR count). The van der Waals surface area contributed by atoms with Crippen LogP contribution in [0.1, 0.15) is 31.1 Å². The van der Waals surface area contributed by atoms with Gasteiger partial charge in [-0.1, -0.05) is 6.08 Å². The molecule has 0 spiro atoms. The Bertz CT molecular complexity index is 314. The van der Waals surface area contributed by atoms with Crippen molar-refractivity contribution in [2.24, 2.45) is 7.05 Å². The molecular weight excluding hydrogens is 174 g/mol. The average Bonchev–Trinajstić information content (AvgIpc) is 2.45. The average molecular weight is 193 g/mol. The summed E-state index contributed by atoms with van der Waals surface area (Å²) in [6.45, 7) is 10.0. The van der Waals surface area contributed by atoms with Gasteiger partial charge in [-0.3, -0.25) is 4.68 Å². The normalized spacial score (nSPS) is 15.1. The van der Waals surface area contributed by atoms with Crippen LogP contribution in [0.3, 0.4) is 0 Å². The monoisotopic (exact) mass is 193 g/mol. The highest BCUT2D eigenvalue weighted by Crippen LogP contribution is 2.15. The van der Waals surface area contributed by atoms with Crippen LogP contribution in [0.2, 0.25) is 0 Å². The molecule has 0 aliphatic heterocycles. The van der Waals surface area contributed by atoms with Crippen molar-refractivity contribution in [3.8, 4) is 0 Å². The largest absolute Gasteiger partial charge is 0.304 e. The van der Waals surface area contributed by atoms with Gasteiger partial charge in [0.25, 0.3) is 0 Å². The second kappa shape index (κ2) is 4.42. The standard InChI is InChI=1S/C11H19N3/c1-6-8(2)12-9(3)11-7-14(5)13-10(11)4/h6-9,12H,1H2,2-5H3. The number of nitrogens with zero attached hydrogens (tertiary/aromatic N) is 2. The van der Waals surface area contributed by atoms with Crippen LogP contribution in [-0.4, -0.2) is 15.8 Å². The van der Waals surface area contributed by atoms with Crippen molar-refractivity contribution in [1.29, 1.82) is 0 Å². The van der Waals surface area contributed by atoms with Gasteiger partial charge in [-0.25, -0.2) is 0 Å². The molecule has 1 heterocycles. The lowest BCUT2D eigenvalue weighted by molar-refractivity contribution is 0.535. The van der Waals surface area contributed by atoms with E-state index in [4.69, 9.17) is 0 Å². The maximum absolute atomic E-state index is 4.32. The number of aryl methyl sites for hydroxylation is 2. The minimum absolute atomic E-state index is 0.316. The molecule has 2 atom stereocenters. The van der Waals surface area contributed by atoms with Gasteiger partial charge in [-0.15, -0.1) is 6.58 Å². The second-order valence-corrected chi connectivity index (χ2v) is 3.76. The summed E-state index contributed by atoms with van der Waals surface area (Å²) in [5.41, 5.74) is 2.34. The zero-order valence-electron chi connectivity index (χ0n) is 9.41. The van der Waals surface area contributed by atoms with E-state index < -0.39 is 0 Å². The first-order chi connectivity index (χ1) is 6.54. The number of nitrogens with one attached hydrogen (secondary N) is 1. The quantitative estimate of drug-likeness (QED) is 0.741. The summed E-state index contributed by atoms with van der Waals surface area (Å²) < 4.78 is 1.85. The number of hydrogen-bond acceptors (Lipinski definition) is 2. The smallest absolute Gasteiger partial charge is 0.0641 e. The van der Waals surface area contributed by atoms with E-state index in [0.717, 1.165) is 5.69 Å². The summed E-state index contributed by atoms with van der Waals surface area (Å²) in [6.07, 6.45) is 3.96. The number of hydrogen-bond donors (Lipinski definition) is 1. The first kappa shape index (κ1) is 11.0. The molecule has 0 radical (unpaired) electrons. The van der Waals surface area contributed by atoms with Crippen molar-refractivity contribution >= 4 is 0 Å². The first-order valence-electron chi connectivity index (χ1n) is 4.93. The Labute approximate surface area is 85.8 Å².